The molecule has 0 saturated heterocycles. The number of carbonyl (C=O) groups excluding carboxylic acids is 1. The molecule has 3 aromatic heterocycles. The Balaban J connectivity index is 1.35. The van der Waals surface area contributed by atoms with Crippen molar-refractivity contribution < 1.29 is 13.9 Å². The van der Waals surface area contributed by atoms with E-state index in [2.05, 4.69) is 25.4 Å². The number of fused-ring (bicyclic) bond motifs is 1. The number of nitrogens with one attached hydrogen (secondary N) is 2. The monoisotopic (exact) mass is 491 g/mol. The maximum Gasteiger partial charge on any atom is 0.254 e. The molecule has 188 valence electrons. The second kappa shape index (κ2) is 9.96. The van der Waals surface area contributed by atoms with Crippen molar-refractivity contribution in [2.45, 2.75) is 44.8 Å². The maximum absolute atomic E-state index is 14.9. The van der Waals surface area contributed by atoms with Crippen molar-refractivity contribution in [3.8, 4) is 17.0 Å². The quantitative estimate of drug-likeness (QED) is 0.399. The molecule has 3 heterocycles. The molecule has 1 aliphatic carbocycles. The summed E-state index contributed by atoms with van der Waals surface area (Å²) >= 11 is 0. The second-order valence-electron chi connectivity index (χ2n) is 9.06. The van der Waals surface area contributed by atoms with Gasteiger partial charge in [-0.25, -0.2) is 9.37 Å². The van der Waals surface area contributed by atoms with E-state index in [0.29, 0.717) is 6.54 Å². The Morgan fingerprint density at radius 1 is 1.22 bits per heavy atom. The summed E-state index contributed by atoms with van der Waals surface area (Å²) in [6, 6.07) is 6.90. The number of amides is 1. The Hall–Kier alpha value is -3.95. The zero-order chi connectivity index (χ0) is 25.2. The van der Waals surface area contributed by atoms with Gasteiger partial charge in [-0.3, -0.25) is 14.2 Å². The number of aryl methyl sites for hydroxylation is 1. The van der Waals surface area contributed by atoms with E-state index in [1.54, 1.807) is 23.7 Å². The molecule has 0 atom stereocenters. The Morgan fingerprint density at radius 3 is 2.72 bits per heavy atom. The van der Waals surface area contributed by atoms with Crippen molar-refractivity contribution in [3.05, 3.63) is 54.2 Å². The molecule has 5 rings (SSSR count). The predicted octanol–water partition coefficient (Wildman–Crippen LogP) is 4.33. The first-order chi connectivity index (χ1) is 17.5. The van der Waals surface area contributed by atoms with Gasteiger partial charge in [-0.2, -0.15) is 10.2 Å². The first kappa shape index (κ1) is 23.8. The van der Waals surface area contributed by atoms with E-state index in [9.17, 15) is 9.18 Å². The number of hydrogen-bond acceptors (Lipinski definition) is 6. The number of nitrogens with zero attached hydrogens (tertiary/aromatic N) is 5. The normalized spacial score (nSPS) is 17.8. The molecule has 0 bridgehead atoms. The van der Waals surface area contributed by atoms with Gasteiger partial charge in [-0.1, -0.05) is 6.07 Å². The van der Waals surface area contributed by atoms with Crippen molar-refractivity contribution in [2.75, 3.05) is 18.9 Å². The first-order valence-electron chi connectivity index (χ1n) is 12.3. The van der Waals surface area contributed by atoms with Crippen LogP contribution in [0, 0.1) is 5.82 Å². The summed E-state index contributed by atoms with van der Waals surface area (Å²) < 4.78 is 24.8. The fourth-order valence-electron chi connectivity index (χ4n) is 4.82. The second-order valence-corrected chi connectivity index (χ2v) is 9.06. The van der Waals surface area contributed by atoms with E-state index in [1.165, 1.54) is 6.07 Å². The molecule has 1 aliphatic rings. The van der Waals surface area contributed by atoms with Crippen LogP contribution in [0.3, 0.4) is 0 Å². The number of aromatic nitrogens is 5. The van der Waals surface area contributed by atoms with Crippen LogP contribution in [0.2, 0.25) is 0 Å². The van der Waals surface area contributed by atoms with E-state index < -0.39 is 11.7 Å². The van der Waals surface area contributed by atoms with Gasteiger partial charge < -0.3 is 15.4 Å². The number of pyridine rings is 1. The molecule has 0 unspecified atom stereocenters. The Morgan fingerprint density at radius 2 is 2.03 bits per heavy atom. The van der Waals surface area contributed by atoms with Gasteiger partial charge in [0.15, 0.2) is 11.6 Å². The van der Waals surface area contributed by atoms with Gasteiger partial charge in [0.2, 0.25) is 0 Å². The molecule has 1 saturated carbocycles. The van der Waals surface area contributed by atoms with Gasteiger partial charge in [-0.15, -0.1) is 0 Å². The molecule has 4 aromatic rings. The van der Waals surface area contributed by atoms with Gasteiger partial charge in [0.25, 0.3) is 5.91 Å². The van der Waals surface area contributed by atoms with Crippen LogP contribution in [0.1, 0.15) is 49.0 Å². The van der Waals surface area contributed by atoms with Crippen molar-refractivity contribution in [1.29, 1.82) is 0 Å². The molecule has 1 fully saturated rings. The van der Waals surface area contributed by atoms with Crippen LogP contribution in [0.5, 0.6) is 5.75 Å². The summed E-state index contributed by atoms with van der Waals surface area (Å²) in [5, 5.41) is 16.0. The van der Waals surface area contributed by atoms with Crippen LogP contribution in [0.25, 0.3) is 22.2 Å². The molecule has 0 radical (unpaired) electrons. The number of hydrogen-bond donors (Lipinski definition) is 2. The fraction of sp³-hybridized carbons (Fsp3) is 0.385. The lowest BCUT2D eigenvalue weighted by Crippen LogP contribution is -2.27. The van der Waals surface area contributed by atoms with Crippen molar-refractivity contribution >= 4 is 22.6 Å². The lowest BCUT2D eigenvalue weighted by molar-refractivity contribution is 0.0946. The molecule has 2 N–H and O–H groups in total. The molecule has 0 aliphatic heterocycles. The zero-order valence-corrected chi connectivity index (χ0v) is 20.7. The van der Waals surface area contributed by atoms with Crippen LogP contribution in [0.4, 0.5) is 10.2 Å². The number of anilines is 1. The molecule has 9 nitrogen and oxygen atoms in total. The Bertz CT molecular complexity index is 1390. The summed E-state index contributed by atoms with van der Waals surface area (Å²) in [5.74, 6) is -0.150. The molecule has 1 amide bonds. The summed E-state index contributed by atoms with van der Waals surface area (Å²) in [6.07, 6.45) is 8.66. The highest BCUT2D eigenvalue weighted by Crippen LogP contribution is 2.36. The molecular formula is C26H30FN7O2. The third-order valence-corrected chi connectivity index (χ3v) is 6.65. The van der Waals surface area contributed by atoms with Crippen LogP contribution >= 0.6 is 0 Å². The fourth-order valence-corrected chi connectivity index (χ4v) is 4.82. The van der Waals surface area contributed by atoms with E-state index >= 15 is 0 Å². The summed E-state index contributed by atoms with van der Waals surface area (Å²) in [6.45, 7) is 2.23. The van der Waals surface area contributed by atoms with E-state index in [-0.39, 0.29) is 23.5 Å². The smallest absolute Gasteiger partial charge is 0.254 e. The minimum atomic E-state index is -0.614. The van der Waals surface area contributed by atoms with Crippen molar-refractivity contribution in [2.24, 2.45) is 7.05 Å². The number of ether oxygens (including phenoxy) is 1. The number of halogens is 1. The van der Waals surface area contributed by atoms with Crippen molar-refractivity contribution in [1.82, 2.24) is 29.9 Å². The van der Waals surface area contributed by atoms with Crippen molar-refractivity contribution in [3.63, 3.8) is 0 Å². The first-order valence-corrected chi connectivity index (χ1v) is 12.3. The summed E-state index contributed by atoms with van der Waals surface area (Å²) in [5.41, 5.74) is 2.82. The lowest BCUT2D eigenvalue weighted by atomic mass is 9.93. The molecule has 1 aromatic carbocycles. The van der Waals surface area contributed by atoms with E-state index in [0.717, 1.165) is 53.7 Å². The van der Waals surface area contributed by atoms with Gasteiger partial charge >= 0.3 is 0 Å². The highest BCUT2D eigenvalue weighted by Gasteiger charge is 2.28. The van der Waals surface area contributed by atoms with Gasteiger partial charge in [-0.05, 0) is 44.7 Å². The highest BCUT2D eigenvalue weighted by atomic mass is 19.1. The zero-order valence-electron chi connectivity index (χ0n) is 20.7. The third-order valence-electron chi connectivity index (χ3n) is 6.65. The van der Waals surface area contributed by atoms with Crippen LogP contribution in [0.15, 0.2) is 42.9 Å². The Kier molecular flexibility index (Phi) is 6.58. The average molecular weight is 492 g/mol. The predicted molar refractivity (Wildman–Crippen MR) is 136 cm³/mol. The largest absolute Gasteiger partial charge is 0.487 e. The van der Waals surface area contributed by atoms with Crippen LogP contribution in [-0.2, 0) is 7.05 Å². The lowest BCUT2D eigenvalue weighted by Gasteiger charge is -2.29. The maximum atomic E-state index is 14.9. The summed E-state index contributed by atoms with van der Waals surface area (Å²) in [7, 11) is 3.73. The number of benzene rings is 1. The Labute approximate surface area is 208 Å². The van der Waals surface area contributed by atoms with Crippen LogP contribution < -0.4 is 15.4 Å². The minimum absolute atomic E-state index is 0.00271. The minimum Gasteiger partial charge on any atom is -0.487 e. The van der Waals surface area contributed by atoms with E-state index in [4.69, 9.17) is 9.84 Å². The molecule has 36 heavy (non-hydrogen) atoms. The topological polar surface area (TPSA) is 98.9 Å². The van der Waals surface area contributed by atoms with E-state index in [1.807, 2.05) is 38.8 Å². The van der Waals surface area contributed by atoms with Gasteiger partial charge in [0.1, 0.15) is 11.5 Å². The third kappa shape index (κ3) is 4.50. The summed E-state index contributed by atoms with van der Waals surface area (Å²) in [4.78, 5) is 16.6. The average Bonchev–Trinajstić information content (AvgIpc) is 3.49. The van der Waals surface area contributed by atoms with Gasteiger partial charge in [0, 0.05) is 50.0 Å². The molecule has 10 heteroatoms. The molecule has 0 spiro atoms. The SMILES string of the molecule is CCNC(=O)c1cccc(OC2CCC(n3nc(-c4cnn(C)c4)c4cnc(NC)cc43)CC2)c1F. The number of carbonyl (C=O) groups is 1. The molecular weight excluding hydrogens is 461 g/mol. The highest BCUT2D eigenvalue weighted by molar-refractivity contribution is 5.95. The van der Waals surface area contributed by atoms with Gasteiger partial charge in [0.05, 0.1) is 29.4 Å². The van der Waals surface area contributed by atoms with Crippen LogP contribution in [-0.4, -0.2) is 50.1 Å². The standard InChI is InChI=1S/C26H30FN7O2/c1-4-29-26(35)19-6-5-7-22(24(19)27)36-18-10-8-17(9-11-18)34-21-12-23(28-2)30-14-20(21)25(32-34)16-13-31-33(3)15-16/h5-7,12-15,17-18H,4,8-11H2,1-3H3,(H,28,30)(H,29,35). The number of rotatable bonds is 7.